The maximum Gasteiger partial charge on any atom is -0.00232 e. The van der Waals surface area contributed by atoms with E-state index >= 15 is 0 Å². The zero-order valence-corrected chi connectivity index (χ0v) is 8.75. The van der Waals surface area contributed by atoms with Crippen molar-refractivity contribution in [2.75, 3.05) is 6.54 Å². The van der Waals surface area contributed by atoms with E-state index < -0.39 is 0 Å². The molecule has 72 valence electrons. The van der Waals surface area contributed by atoms with Gasteiger partial charge in [0, 0.05) is 0 Å². The average Bonchev–Trinajstić information content (AvgIpc) is 2.78. The Balaban J connectivity index is 0.000000720. The molecule has 12 heavy (non-hydrogen) atoms. The van der Waals surface area contributed by atoms with E-state index in [1.807, 2.05) is 0 Å². The maximum atomic E-state index is 5.75. The van der Waals surface area contributed by atoms with Crippen LogP contribution < -0.4 is 5.73 Å². The molecule has 1 nitrogen and oxygen atoms in total. The van der Waals surface area contributed by atoms with Crippen LogP contribution in [0.25, 0.3) is 0 Å². The second-order valence-corrected chi connectivity index (χ2v) is 5.01. The van der Waals surface area contributed by atoms with Gasteiger partial charge in [0.25, 0.3) is 0 Å². The predicted octanol–water partition coefficient (Wildman–Crippen LogP) is 2.73. The van der Waals surface area contributed by atoms with Gasteiger partial charge in [-0.25, -0.2) is 0 Å². The van der Waals surface area contributed by atoms with Crippen molar-refractivity contribution in [3.05, 3.63) is 0 Å². The highest BCUT2D eigenvalue weighted by Gasteiger charge is 2.47. The molecule has 0 aromatic rings. The lowest BCUT2D eigenvalue weighted by atomic mass is 9.70. The molecule has 2 saturated carbocycles. The van der Waals surface area contributed by atoms with Crippen molar-refractivity contribution < 1.29 is 0 Å². The monoisotopic (exact) mass is 189 g/mol. The normalized spacial score (nSPS) is 29.5. The average molecular weight is 190 g/mol. The van der Waals surface area contributed by atoms with Crippen LogP contribution in [0.4, 0.5) is 0 Å². The Bertz CT molecular complexity index is 153. The third-order valence-corrected chi connectivity index (χ3v) is 3.97. The quantitative estimate of drug-likeness (QED) is 0.675. The first-order valence-electron chi connectivity index (χ1n) is 4.88. The van der Waals surface area contributed by atoms with E-state index in [4.69, 9.17) is 5.73 Å². The molecule has 2 aliphatic carbocycles. The molecule has 1 spiro atoms. The molecular weight excluding hydrogens is 170 g/mol. The summed E-state index contributed by atoms with van der Waals surface area (Å²) in [5.74, 6) is 0. The van der Waals surface area contributed by atoms with Crippen LogP contribution >= 0.6 is 12.4 Å². The van der Waals surface area contributed by atoms with Gasteiger partial charge in [-0.2, -0.15) is 0 Å². The number of nitrogens with two attached hydrogens (primary N) is 1. The molecular formula is C10H20ClN. The molecule has 2 heteroatoms. The van der Waals surface area contributed by atoms with Gasteiger partial charge in [-0.05, 0) is 55.9 Å². The van der Waals surface area contributed by atoms with E-state index in [-0.39, 0.29) is 12.4 Å². The number of halogens is 1. The molecule has 0 saturated heterocycles. The van der Waals surface area contributed by atoms with Crippen LogP contribution in [0.2, 0.25) is 0 Å². The standard InChI is InChI=1S/C10H19N.ClH/c1-9(8-11)2-4-10(5-3-9)6-7-10;/h2-8,11H2,1H3;1H. The molecule has 0 atom stereocenters. The van der Waals surface area contributed by atoms with Crippen LogP contribution in [0, 0.1) is 10.8 Å². The summed E-state index contributed by atoms with van der Waals surface area (Å²) in [5.41, 5.74) is 7.07. The Hall–Kier alpha value is 0.250. The van der Waals surface area contributed by atoms with Crippen molar-refractivity contribution in [2.24, 2.45) is 16.6 Å². The third kappa shape index (κ3) is 1.77. The SMILES string of the molecule is CC1(CN)CCC2(CC1)CC2.Cl. The Morgan fingerprint density at radius 2 is 1.42 bits per heavy atom. The van der Waals surface area contributed by atoms with E-state index in [9.17, 15) is 0 Å². The largest absolute Gasteiger partial charge is 0.330 e. The summed E-state index contributed by atoms with van der Waals surface area (Å²) >= 11 is 0. The van der Waals surface area contributed by atoms with Gasteiger partial charge in [0.15, 0.2) is 0 Å². The van der Waals surface area contributed by atoms with Gasteiger partial charge in [0.1, 0.15) is 0 Å². The van der Waals surface area contributed by atoms with Gasteiger partial charge in [-0.15, -0.1) is 12.4 Å². The minimum Gasteiger partial charge on any atom is -0.330 e. The van der Waals surface area contributed by atoms with Gasteiger partial charge in [0.2, 0.25) is 0 Å². The van der Waals surface area contributed by atoms with Gasteiger partial charge < -0.3 is 5.73 Å². The fraction of sp³-hybridized carbons (Fsp3) is 1.00. The summed E-state index contributed by atoms with van der Waals surface area (Å²) in [7, 11) is 0. The Kier molecular flexibility index (Phi) is 2.75. The fourth-order valence-electron chi connectivity index (χ4n) is 2.26. The van der Waals surface area contributed by atoms with E-state index in [0.717, 1.165) is 12.0 Å². The van der Waals surface area contributed by atoms with Crippen molar-refractivity contribution >= 4 is 12.4 Å². The molecule has 0 aromatic heterocycles. The smallest absolute Gasteiger partial charge is 0.00232 e. The summed E-state index contributed by atoms with van der Waals surface area (Å²) in [5, 5.41) is 0. The molecule has 2 aliphatic rings. The first kappa shape index (κ1) is 10.3. The van der Waals surface area contributed by atoms with Crippen molar-refractivity contribution in [1.82, 2.24) is 0 Å². The lowest BCUT2D eigenvalue weighted by Crippen LogP contribution is -2.32. The highest BCUT2D eigenvalue weighted by atomic mass is 35.5. The highest BCUT2D eigenvalue weighted by molar-refractivity contribution is 5.85. The molecule has 0 aromatic carbocycles. The van der Waals surface area contributed by atoms with Crippen LogP contribution in [-0.4, -0.2) is 6.54 Å². The lowest BCUT2D eigenvalue weighted by molar-refractivity contribution is 0.166. The molecule has 2 rings (SSSR count). The van der Waals surface area contributed by atoms with Gasteiger partial charge in [-0.3, -0.25) is 0 Å². The topological polar surface area (TPSA) is 26.0 Å². The molecule has 0 aliphatic heterocycles. The summed E-state index contributed by atoms with van der Waals surface area (Å²) in [6.07, 6.45) is 8.69. The van der Waals surface area contributed by atoms with Crippen molar-refractivity contribution in [3.8, 4) is 0 Å². The zero-order valence-electron chi connectivity index (χ0n) is 7.94. The van der Waals surface area contributed by atoms with Crippen LogP contribution in [0.5, 0.6) is 0 Å². The summed E-state index contributed by atoms with van der Waals surface area (Å²) < 4.78 is 0. The molecule has 0 amide bonds. The Morgan fingerprint density at radius 3 is 1.75 bits per heavy atom. The van der Waals surface area contributed by atoms with E-state index in [1.165, 1.54) is 38.5 Å². The van der Waals surface area contributed by atoms with E-state index in [1.54, 1.807) is 0 Å². The molecule has 2 fully saturated rings. The third-order valence-electron chi connectivity index (χ3n) is 3.97. The maximum absolute atomic E-state index is 5.75. The minimum absolute atomic E-state index is 0. The number of rotatable bonds is 1. The van der Waals surface area contributed by atoms with Crippen LogP contribution in [0.15, 0.2) is 0 Å². The van der Waals surface area contributed by atoms with Gasteiger partial charge in [0.05, 0.1) is 0 Å². The summed E-state index contributed by atoms with van der Waals surface area (Å²) in [6, 6.07) is 0. The van der Waals surface area contributed by atoms with Crippen molar-refractivity contribution in [1.29, 1.82) is 0 Å². The molecule has 0 radical (unpaired) electrons. The second kappa shape index (κ2) is 3.19. The minimum atomic E-state index is 0. The Morgan fingerprint density at radius 1 is 1.00 bits per heavy atom. The van der Waals surface area contributed by atoms with Crippen LogP contribution in [0.1, 0.15) is 45.4 Å². The molecule has 2 N–H and O–H groups in total. The fourth-order valence-corrected chi connectivity index (χ4v) is 2.26. The predicted molar refractivity (Wildman–Crippen MR) is 54.5 cm³/mol. The number of hydrogen-bond donors (Lipinski definition) is 1. The summed E-state index contributed by atoms with van der Waals surface area (Å²) in [4.78, 5) is 0. The second-order valence-electron chi connectivity index (χ2n) is 5.01. The van der Waals surface area contributed by atoms with Gasteiger partial charge >= 0.3 is 0 Å². The first-order chi connectivity index (χ1) is 5.18. The van der Waals surface area contributed by atoms with Gasteiger partial charge in [-0.1, -0.05) is 6.92 Å². The molecule has 0 heterocycles. The Labute approximate surface area is 81.5 Å². The van der Waals surface area contributed by atoms with E-state index in [0.29, 0.717) is 5.41 Å². The van der Waals surface area contributed by atoms with Crippen molar-refractivity contribution in [3.63, 3.8) is 0 Å². The zero-order chi connectivity index (χ0) is 7.95. The number of hydrogen-bond acceptors (Lipinski definition) is 1. The first-order valence-corrected chi connectivity index (χ1v) is 4.88. The summed E-state index contributed by atoms with van der Waals surface area (Å²) in [6.45, 7) is 3.24. The molecule has 0 unspecified atom stereocenters. The van der Waals surface area contributed by atoms with Crippen LogP contribution in [-0.2, 0) is 0 Å². The lowest BCUT2D eigenvalue weighted by Gasteiger charge is -2.36. The van der Waals surface area contributed by atoms with Crippen LogP contribution in [0.3, 0.4) is 0 Å². The molecule has 0 bridgehead atoms. The van der Waals surface area contributed by atoms with Crippen molar-refractivity contribution in [2.45, 2.75) is 45.4 Å². The van der Waals surface area contributed by atoms with E-state index in [2.05, 4.69) is 6.92 Å². The highest BCUT2D eigenvalue weighted by Crippen LogP contribution is 2.59.